The number of likely N-dealkylation sites (tertiary alicyclic amines) is 2. The summed E-state index contributed by atoms with van der Waals surface area (Å²) in [7, 11) is 1.29. The number of aliphatic hydroxyl groups excluding tert-OH is 1. The molecule has 2 aromatic rings. The zero-order valence-electron chi connectivity index (χ0n) is 39.9. The number of methoxy groups -OCH3 is 1. The van der Waals surface area contributed by atoms with Gasteiger partial charge in [-0.3, -0.25) is 29.0 Å². The summed E-state index contributed by atoms with van der Waals surface area (Å²) in [5.41, 5.74) is 4.48. The monoisotopic (exact) mass is 869 g/mol. The lowest BCUT2D eigenvalue weighted by Gasteiger charge is -2.54. The van der Waals surface area contributed by atoms with Crippen molar-refractivity contribution in [2.45, 2.75) is 182 Å². The molecular formula is C49H76N2O11. The zero-order valence-corrected chi connectivity index (χ0v) is 39.9. The summed E-state index contributed by atoms with van der Waals surface area (Å²) in [5.74, 6) is -0.642. The zero-order chi connectivity index (χ0) is 46.8. The van der Waals surface area contributed by atoms with Gasteiger partial charge < -0.3 is 34.3 Å². The summed E-state index contributed by atoms with van der Waals surface area (Å²) in [6.45, 7) is 26.2. The number of carbonyl (C=O) groups is 4. The maximum absolute atomic E-state index is 12.7. The highest BCUT2D eigenvalue weighted by atomic mass is 16.5. The van der Waals surface area contributed by atoms with Gasteiger partial charge in [0.25, 0.3) is 0 Å². The first kappa shape index (κ1) is 52.1. The summed E-state index contributed by atoms with van der Waals surface area (Å²) in [5, 5.41) is 29.9. The first-order valence-electron chi connectivity index (χ1n) is 22.1. The van der Waals surface area contributed by atoms with Gasteiger partial charge in [-0.2, -0.15) is 0 Å². The molecule has 2 fully saturated rings. The molecular weight excluding hydrogens is 793 g/mol. The van der Waals surface area contributed by atoms with Gasteiger partial charge in [-0.1, -0.05) is 24.3 Å². The number of esters is 4. The summed E-state index contributed by atoms with van der Waals surface area (Å²) >= 11 is 0. The molecule has 3 N–H and O–H groups in total. The number of hydrogen-bond acceptors (Lipinski definition) is 13. The van der Waals surface area contributed by atoms with E-state index in [0.29, 0.717) is 76.1 Å². The standard InChI is InChI=1S/C33H47NO6.C16H29NO5/c1-21-15-25(16-22(2)30(21)37)9-11-28(35)39-14-13-34-32(5,6)19-27(20-33(34,7)8)40-29(36)12-10-26-17-23(3)31(38)24(4)18-26;1-15(2)10-12(18)11-16(3,4)17(15)8-9-22-14(20)7-6-13(19)21-5/h15-18,27,37-38H,9-14,19-20H2,1-8H3;12,18H,6-11H2,1-5H3. The molecule has 4 rings (SSSR count). The van der Waals surface area contributed by atoms with E-state index < -0.39 is 11.9 Å². The van der Waals surface area contributed by atoms with E-state index in [-0.39, 0.29) is 72.2 Å². The van der Waals surface area contributed by atoms with Gasteiger partial charge in [0.05, 0.1) is 26.1 Å². The van der Waals surface area contributed by atoms with Crippen LogP contribution in [0.5, 0.6) is 11.5 Å². The number of rotatable bonds is 16. The maximum Gasteiger partial charge on any atom is 0.306 e. The molecule has 2 aliphatic rings. The second-order valence-corrected chi connectivity index (χ2v) is 19.8. The molecule has 0 bridgehead atoms. The Morgan fingerprint density at radius 2 is 0.903 bits per heavy atom. The summed E-state index contributed by atoms with van der Waals surface area (Å²) in [6, 6.07) is 7.66. The van der Waals surface area contributed by atoms with Crippen molar-refractivity contribution in [3.05, 3.63) is 57.6 Å². The third kappa shape index (κ3) is 15.3. The number of piperidine rings is 2. The lowest BCUT2D eigenvalue weighted by molar-refractivity contribution is -0.163. The number of carbonyl (C=O) groups excluding carboxylic acids is 4. The number of aryl methyl sites for hydroxylation is 6. The van der Waals surface area contributed by atoms with E-state index >= 15 is 0 Å². The number of aliphatic hydroxyl groups is 1. The fourth-order valence-corrected chi connectivity index (χ4v) is 9.85. The predicted molar refractivity (Wildman–Crippen MR) is 239 cm³/mol. The van der Waals surface area contributed by atoms with Crippen LogP contribution in [0.4, 0.5) is 0 Å². The summed E-state index contributed by atoms with van der Waals surface area (Å²) in [4.78, 5) is 52.4. The molecule has 62 heavy (non-hydrogen) atoms. The molecule has 0 amide bonds. The van der Waals surface area contributed by atoms with Crippen LogP contribution in [0.2, 0.25) is 0 Å². The third-order valence-corrected chi connectivity index (χ3v) is 12.4. The van der Waals surface area contributed by atoms with Crippen molar-refractivity contribution in [1.82, 2.24) is 9.80 Å². The first-order valence-corrected chi connectivity index (χ1v) is 22.1. The van der Waals surface area contributed by atoms with Crippen LogP contribution in [0, 0.1) is 27.7 Å². The van der Waals surface area contributed by atoms with Gasteiger partial charge in [0.1, 0.15) is 30.8 Å². The van der Waals surface area contributed by atoms with Crippen LogP contribution in [-0.4, -0.2) is 117 Å². The number of phenols is 2. The van der Waals surface area contributed by atoms with Crippen LogP contribution < -0.4 is 0 Å². The Balaban J connectivity index is 0.000000393. The van der Waals surface area contributed by atoms with Gasteiger partial charge in [-0.05, 0) is 142 Å². The molecule has 2 aromatic carbocycles. The highest BCUT2D eigenvalue weighted by Gasteiger charge is 2.47. The molecule has 0 aromatic heterocycles. The van der Waals surface area contributed by atoms with Gasteiger partial charge in [0, 0.05) is 60.9 Å². The highest BCUT2D eigenvalue weighted by molar-refractivity contribution is 5.77. The number of benzene rings is 2. The molecule has 13 heteroatoms. The van der Waals surface area contributed by atoms with Crippen molar-refractivity contribution in [2.75, 3.05) is 33.4 Å². The predicted octanol–water partition coefficient (Wildman–Crippen LogP) is 7.50. The maximum atomic E-state index is 12.7. The molecule has 0 unspecified atom stereocenters. The Bertz CT molecular complexity index is 1790. The molecule has 13 nitrogen and oxygen atoms in total. The Hall–Kier alpha value is -4.20. The minimum absolute atomic E-state index is 0.0399. The lowest BCUT2D eigenvalue weighted by Crippen LogP contribution is -2.63. The number of aromatic hydroxyl groups is 2. The van der Waals surface area contributed by atoms with Crippen molar-refractivity contribution in [3.8, 4) is 11.5 Å². The van der Waals surface area contributed by atoms with Crippen molar-refractivity contribution >= 4 is 23.9 Å². The van der Waals surface area contributed by atoms with Gasteiger partial charge >= 0.3 is 23.9 Å². The first-order chi connectivity index (χ1) is 28.7. The molecule has 0 saturated carbocycles. The molecule has 0 spiro atoms. The normalized spacial score (nSPS) is 18.5. The highest BCUT2D eigenvalue weighted by Crippen LogP contribution is 2.40. The molecule has 2 aliphatic heterocycles. The van der Waals surface area contributed by atoms with E-state index in [9.17, 15) is 34.5 Å². The summed E-state index contributed by atoms with van der Waals surface area (Å²) < 4.78 is 21.2. The van der Waals surface area contributed by atoms with E-state index in [1.54, 1.807) is 0 Å². The van der Waals surface area contributed by atoms with Gasteiger partial charge in [0.2, 0.25) is 0 Å². The Morgan fingerprint density at radius 3 is 1.29 bits per heavy atom. The second kappa shape index (κ2) is 21.9. The van der Waals surface area contributed by atoms with Crippen molar-refractivity contribution < 1.29 is 53.4 Å². The van der Waals surface area contributed by atoms with Gasteiger partial charge in [0.15, 0.2) is 0 Å². The van der Waals surface area contributed by atoms with Crippen molar-refractivity contribution in [1.29, 1.82) is 0 Å². The minimum Gasteiger partial charge on any atom is -0.507 e. The van der Waals surface area contributed by atoms with Crippen LogP contribution in [0.3, 0.4) is 0 Å². The van der Waals surface area contributed by atoms with Gasteiger partial charge in [-0.25, -0.2) is 0 Å². The van der Waals surface area contributed by atoms with Gasteiger partial charge in [-0.15, -0.1) is 0 Å². The van der Waals surface area contributed by atoms with Crippen LogP contribution in [0.1, 0.15) is 140 Å². The topological polar surface area (TPSA) is 172 Å². The van der Waals surface area contributed by atoms with Crippen molar-refractivity contribution in [2.24, 2.45) is 0 Å². The summed E-state index contributed by atoms with van der Waals surface area (Å²) in [6.07, 6.45) is 4.13. The van der Waals surface area contributed by atoms with Crippen molar-refractivity contribution in [3.63, 3.8) is 0 Å². The Labute approximate surface area is 370 Å². The third-order valence-electron chi connectivity index (χ3n) is 12.4. The Kier molecular flexibility index (Phi) is 18.4. The molecule has 2 heterocycles. The van der Waals surface area contributed by atoms with E-state index in [1.165, 1.54) is 7.11 Å². The average Bonchev–Trinajstić information content (AvgIpc) is 3.14. The molecule has 0 atom stereocenters. The minimum atomic E-state index is -0.413. The number of nitrogens with zero attached hydrogens (tertiary/aromatic N) is 2. The second-order valence-electron chi connectivity index (χ2n) is 19.8. The van der Waals surface area contributed by atoms with Crippen LogP contribution >= 0.6 is 0 Å². The number of phenolic OH excluding ortho intramolecular Hbond substituents is 2. The van der Waals surface area contributed by atoms with Crippen LogP contribution in [0.25, 0.3) is 0 Å². The quantitative estimate of drug-likeness (QED) is 0.112. The number of hydrogen-bond donors (Lipinski definition) is 3. The fraction of sp³-hybridized carbons (Fsp3) is 0.673. The SMILES string of the molecule is COC(=O)CCC(=O)OCCN1C(C)(C)CC(O)CC1(C)C.Cc1cc(CCC(=O)OCCN2C(C)(C)CC(OC(=O)CCc3cc(C)c(O)c(C)c3)CC2(C)C)cc(C)c1O. The van der Waals surface area contributed by atoms with Crippen LogP contribution in [-0.2, 0) is 51.0 Å². The average molecular weight is 869 g/mol. The Morgan fingerprint density at radius 1 is 0.565 bits per heavy atom. The molecule has 0 radical (unpaired) electrons. The number of ether oxygens (including phenoxy) is 4. The van der Waals surface area contributed by atoms with E-state index in [2.05, 4.69) is 69.9 Å². The van der Waals surface area contributed by atoms with E-state index in [4.69, 9.17) is 14.2 Å². The molecule has 2 saturated heterocycles. The molecule has 0 aliphatic carbocycles. The smallest absolute Gasteiger partial charge is 0.306 e. The fourth-order valence-electron chi connectivity index (χ4n) is 9.85. The van der Waals surface area contributed by atoms with E-state index in [1.807, 2.05) is 52.0 Å². The largest absolute Gasteiger partial charge is 0.507 e. The lowest BCUT2D eigenvalue weighted by atomic mass is 9.78. The van der Waals surface area contributed by atoms with E-state index in [0.717, 1.165) is 33.4 Å². The van der Waals surface area contributed by atoms with Crippen LogP contribution in [0.15, 0.2) is 24.3 Å². The molecule has 348 valence electrons.